The minimum Gasteiger partial charge on any atom is -0.369 e. The van der Waals surface area contributed by atoms with Crippen LogP contribution < -0.4 is 5.32 Å². The lowest BCUT2D eigenvalue weighted by atomic mass is 10.1. The number of rotatable bonds is 5. The van der Waals surface area contributed by atoms with Crippen molar-refractivity contribution in [3.8, 4) is 11.3 Å². The topological polar surface area (TPSA) is 82.1 Å². The van der Waals surface area contributed by atoms with E-state index < -0.39 is 0 Å². The Labute approximate surface area is 167 Å². The Morgan fingerprint density at radius 1 is 1.11 bits per heavy atom. The molecule has 7 nitrogen and oxygen atoms in total. The van der Waals surface area contributed by atoms with Gasteiger partial charge in [0.1, 0.15) is 17.8 Å². The van der Waals surface area contributed by atoms with Crippen LogP contribution in [0.2, 0.25) is 5.02 Å². The molecular weight excluding hydrogens is 374 g/mol. The van der Waals surface area contributed by atoms with Crippen LogP contribution >= 0.6 is 11.6 Å². The van der Waals surface area contributed by atoms with Gasteiger partial charge in [0.05, 0.1) is 17.4 Å². The summed E-state index contributed by atoms with van der Waals surface area (Å²) in [5.74, 6) is 0.651. The molecule has 0 unspecified atom stereocenters. The second-order valence-electron chi connectivity index (χ2n) is 6.41. The van der Waals surface area contributed by atoms with E-state index in [0.717, 1.165) is 28.0 Å². The summed E-state index contributed by atoms with van der Waals surface area (Å²) >= 11 is 6.10. The Kier molecular flexibility index (Phi) is 4.90. The molecule has 0 bridgehead atoms. The van der Waals surface area contributed by atoms with E-state index in [4.69, 9.17) is 11.6 Å². The van der Waals surface area contributed by atoms with Gasteiger partial charge < -0.3 is 10.2 Å². The van der Waals surface area contributed by atoms with E-state index in [9.17, 15) is 0 Å². The summed E-state index contributed by atoms with van der Waals surface area (Å²) in [6.07, 6.45) is 3.26. The van der Waals surface area contributed by atoms with Crippen LogP contribution in [0.1, 0.15) is 0 Å². The molecule has 0 amide bonds. The summed E-state index contributed by atoms with van der Waals surface area (Å²) in [6.45, 7) is 0. The van der Waals surface area contributed by atoms with Crippen LogP contribution in [-0.4, -0.2) is 45.5 Å². The maximum Gasteiger partial charge on any atom is 0.161 e. The molecule has 2 aromatic heterocycles. The first-order chi connectivity index (χ1) is 13.6. The third-order valence-corrected chi connectivity index (χ3v) is 4.24. The first kappa shape index (κ1) is 17.9. The van der Waals surface area contributed by atoms with E-state index in [2.05, 4.69) is 30.5 Å². The molecule has 0 spiro atoms. The quantitative estimate of drug-likeness (QED) is 0.382. The maximum absolute atomic E-state index is 6.10. The molecule has 0 radical (unpaired) electrons. The van der Waals surface area contributed by atoms with Gasteiger partial charge in [0.25, 0.3) is 0 Å². The fourth-order valence-electron chi connectivity index (χ4n) is 2.78. The van der Waals surface area contributed by atoms with Gasteiger partial charge in [-0.15, -0.1) is 0 Å². The highest BCUT2D eigenvalue weighted by molar-refractivity contribution is 6.30. The van der Waals surface area contributed by atoms with Gasteiger partial charge in [-0.05, 0) is 30.3 Å². The molecule has 4 aromatic rings. The summed E-state index contributed by atoms with van der Waals surface area (Å²) in [5.41, 5.74) is 4.00. The van der Waals surface area contributed by atoms with Crippen LogP contribution in [0.5, 0.6) is 0 Å². The van der Waals surface area contributed by atoms with Crippen LogP contribution in [0.15, 0.2) is 59.9 Å². The minimum absolute atomic E-state index is 0.647. The minimum atomic E-state index is 0.647. The molecule has 0 saturated carbocycles. The number of nitrogens with zero attached hydrogens (tertiary/aromatic N) is 5. The van der Waals surface area contributed by atoms with Crippen molar-refractivity contribution >= 4 is 46.2 Å². The van der Waals surface area contributed by atoms with Crippen molar-refractivity contribution in [3.05, 3.63) is 59.9 Å². The van der Waals surface area contributed by atoms with Crippen LogP contribution in [0.3, 0.4) is 0 Å². The molecule has 0 aliphatic carbocycles. The number of aliphatic imine (C=N–C) groups is 1. The van der Waals surface area contributed by atoms with Gasteiger partial charge in [0, 0.05) is 30.4 Å². The molecule has 140 valence electrons. The molecule has 0 saturated heterocycles. The monoisotopic (exact) mass is 391 g/mol. The highest BCUT2D eigenvalue weighted by Gasteiger charge is 2.15. The standard InChI is InChI=1S/C20H18ClN7/c1-28(2)12-24-15-7-3-5-13(9-15)18-17-19(22-11-23-20(17)27-26-18)25-16-8-4-6-14(21)10-16/h3-12H,1-2H3,(H2,22,23,25,26,27)/b24-12+. The molecule has 28 heavy (non-hydrogen) atoms. The zero-order valence-corrected chi connectivity index (χ0v) is 16.1. The number of aromatic amines is 1. The molecule has 0 atom stereocenters. The third-order valence-electron chi connectivity index (χ3n) is 4.00. The lowest BCUT2D eigenvalue weighted by molar-refractivity contribution is 0.643. The Hall–Kier alpha value is -3.45. The summed E-state index contributed by atoms with van der Waals surface area (Å²) in [5, 5.41) is 12.2. The number of anilines is 2. The van der Waals surface area contributed by atoms with Gasteiger partial charge in [-0.1, -0.05) is 29.8 Å². The highest BCUT2D eigenvalue weighted by Crippen LogP contribution is 2.33. The summed E-state index contributed by atoms with van der Waals surface area (Å²) in [4.78, 5) is 15.1. The van der Waals surface area contributed by atoms with E-state index in [-0.39, 0.29) is 0 Å². The van der Waals surface area contributed by atoms with E-state index in [1.165, 1.54) is 6.33 Å². The van der Waals surface area contributed by atoms with E-state index in [1.807, 2.05) is 67.5 Å². The van der Waals surface area contributed by atoms with Crippen LogP contribution in [0, 0.1) is 0 Å². The van der Waals surface area contributed by atoms with Gasteiger partial charge in [-0.25, -0.2) is 15.0 Å². The Morgan fingerprint density at radius 3 is 2.79 bits per heavy atom. The lowest BCUT2D eigenvalue weighted by Crippen LogP contribution is -2.06. The zero-order chi connectivity index (χ0) is 19.5. The molecule has 0 aliphatic rings. The van der Waals surface area contributed by atoms with Crippen molar-refractivity contribution in [3.63, 3.8) is 0 Å². The normalized spacial score (nSPS) is 11.2. The van der Waals surface area contributed by atoms with E-state index in [1.54, 1.807) is 6.34 Å². The first-order valence-electron chi connectivity index (χ1n) is 8.63. The fourth-order valence-corrected chi connectivity index (χ4v) is 2.97. The second kappa shape index (κ2) is 7.66. The van der Waals surface area contributed by atoms with Crippen LogP contribution in [-0.2, 0) is 0 Å². The molecule has 4 rings (SSSR count). The molecular formula is C20H18ClN7. The van der Waals surface area contributed by atoms with Gasteiger partial charge in [0.15, 0.2) is 5.65 Å². The SMILES string of the molecule is CN(C)/C=N/c1cccc(-c2n[nH]c3ncnc(Nc4cccc(Cl)c4)c23)c1. The molecule has 0 fully saturated rings. The zero-order valence-electron chi connectivity index (χ0n) is 15.4. The number of fused-ring (bicyclic) bond motifs is 1. The fraction of sp³-hybridized carbons (Fsp3) is 0.100. The number of hydrogen-bond acceptors (Lipinski definition) is 5. The lowest BCUT2D eigenvalue weighted by Gasteiger charge is -2.08. The molecule has 8 heteroatoms. The van der Waals surface area contributed by atoms with E-state index in [0.29, 0.717) is 16.5 Å². The number of hydrogen-bond donors (Lipinski definition) is 2. The van der Waals surface area contributed by atoms with Crippen molar-refractivity contribution in [1.82, 2.24) is 25.1 Å². The number of benzene rings is 2. The molecule has 0 aliphatic heterocycles. The molecule has 2 N–H and O–H groups in total. The summed E-state index contributed by atoms with van der Waals surface area (Å²) in [7, 11) is 3.86. The number of aromatic nitrogens is 4. The smallest absolute Gasteiger partial charge is 0.161 e. The number of nitrogens with one attached hydrogen (secondary N) is 2. The highest BCUT2D eigenvalue weighted by atomic mass is 35.5. The molecule has 2 heterocycles. The van der Waals surface area contributed by atoms with Crippen molar-refractivity contribution in [1.29, 1.82) is 0 Å². The van der Waals surface area contributed by atoms with Crippen LogP contribution in [0.25, 0.3) is 22.3 Å². The van der Waals surface area contributed by atoms with Crippen molar-refractivity contribution in [2.24, 2.45) is 4.99 Å². The van der Waals surface area contributed by atoms with Gasteiger partial charge in [0.2, 0.25) is 0 Å². The van der Waals surface area contributed by atoms with E-state index >= 15 is 0 Å². The average molecular weight is 392 g/mol. The van der Waals surface area contributed by atoms with Gasteiger partial charge in [-0.3, -0.25) is 5.10 Å². The summed E-state index contributed by atoms with van der Waals surface area (Å²) < 4.78 is 0. The van der Waals surface area contributed by atoms with Gasteiger partial charge in [-0.2, -0.15) is 5.10 Å². The number of halogens is 1. The second-order valence-corrected chi connectivity index (χ2v) is 6.85. The Bertz CT molecular complexity index is 1150. The van der Waals surface area contributed by atoms with Crippen molar-refractivity contribution in [2.75, 3.05) is 19.4 Å². The largest absolute Gasteiger partial charge is 0.369 e. The predicted molar refractivity (Wildman–Crippen MR) is 114 cm³/mol. The van der Waals surface area contributed by atoms with Crippen LogP contribution in [0.4, 0.5) is 17.2 Å². The van der Waals surface area contributed by atoms with Crippen molar-refractivity contribution in [2.45, 2.75) is 0 Å². The van der Waals surface area contributed by atoms with Crippen molar-refractivity contribution < 1.29 is 0 Å². The summed E-state index contributed by atoms with van der Waals surface area (Å²) in [6, 6.07) is 15.3. The number of H-pyrrole nitrogens is 1. The predicted octanol–water partition coefficient (Wildman–Crippen LogP) is 4.64. The Morgan fingerprint density at radius 2 is 1.96 bits per heavy atom. The maximum atomic E-state index is 6.10. The Balaban J connectivity index is 1.78. The third kappa shape index (κ3) is 3.79. The molecule has 2 aromatic carbocycles. The average Bonchev–Trinajstić information content (AvgIpc) is 3.12. The first-order valence-corrected chi connectivity index (χ1v) is 9.00. The van der Waals surface area contributed by atoms with Gasteiger partial charge >= 0.3 is 0 Å².